The summed E-state index contributed by atoms with van der Waals surface area (Å²) in [5.74, 6) is 1.12. The van der Waals surface area contributed by atoms with Crippen LogP contribution in [0.15, 0.2) is 11.4 Å². The van der Waals surface area contributed by atoms with E-state index in [1.807, 2.05) is 11.3 Å². The minimum absolute atomic E-state index is 0.259. The molecule has 0 saturated heterocycles. The van der Waals surface area contributed by atoms with Crippen LogP contribution in [0.2, 0.25) is 0 Å². The molecule has 19 heavy (non-hydrogen) atoms. The molecule has 1 aliphatic carbocycles. The summed E-state index contributed by atoms with van der Waals surface area (Å²) in [7, 11) is 0. The molecule has 1 unspecified atom stereocenters. The van der Waals surface area contributed by atoms with Crippen molar-refractivity contribution in [3.05, 3.63) is 39.1 Å². The summed E-state index contributed by atoms with van der Waals surface area (Å²) in [6.07, 6.45) is 4.83. The number of thiophene rings is 1. The molecule has 3 rings (SSSR count). The molecule has 0 radical (unpaired) electrons. The van der Waals surface area contributed by atoms with Crippen LogP contribution >= 0.6 is 11.3 Å². The van der Waals surface area contributed by atoms with Gasteiger partial charge in [-0.1, -0.05) is 0 Å². The van der Waals surface area contributed by atoms with Crippen molar-refractivity contribution in [3.8, 4) is 0 Å². The molecule has 2 aromatic heterocycles. The fourth-order valence-electron chi connectivity index (χ4n) is 3.17. The minimum Gasteiger partial charge on any atom is -0.328 e. The number of rotatable bonds is 3. The Morgan fingerprint density at radius 2 is 2.16 bits per heavy atom. The second-order valence-corrected chi connectivity index (χ2v) is 6.30. The van der Waals surface area contributed by atoms with Crippen molar-refractivity contribution in [3.63, 3.8) is 0 Å². The van der Waals surface area contributed by atoms with Crippen molar-refractivity contribution >= 4 is 11.3 Å². The summed E-state index contributed by atoms with van der Waals surface area (Å²) in [5, 5.41) is 2.16. The first-order valence-electron chi connectivity index (χ1n) is 7.03. The van der Waals surface area contributed by atoms with E-state index in [9.17, 15) is 0 Å². The summed E-state index contributed by atoms with van der Waals surface area (Å²) in [4.78, 5) is 6.16. The first-order valence-corrected chi connectivity index (χ1v) is 7.91. The molecule has 1 atom stereocenters. The molecule has 1 aliphatic rings. The summed E-state index contributed by atoms with van der Waals surface area (Å²) in [6, 6.07) is 2.44. The van der Waals surface area contributed by atoms with Gasteiger partial charge in [0.05, 0.1) is 11.7 Å². The van der Waals surface area contributed by atoms with Crippen LogP contribution in [-0.2, 0) is 12.8 Å². The van der Waals surface area contributed by atoms with E-state index in [0.29, 0.717) is 6.54 Å². The van der Waals surface area contributed by atoms with Gasteiger partial charge >= 0.3 is 0 Å². The van der Waals surface area contributed by atoms with Crippen molar-refractivity contribution in [2.24, 2.45) is 5.73 Å². The molecule has 0 aliphatic heterocycles. The zero-order chi connectivity index (χ0) is 13.4. The lowest BCUT2D eigenvalue weighted by atomic mass is 10.0. The largest absolute Gasteiger partial charge is 0.328 e. The standard InChI is InChI=1S/C15H21N3S/c1-10-7-8-19-15(10)14(9-16)18-11(2)17-12-5-3-4-6-13(12)18/h7-8,14H,3-6,9,16H2,1-2H3. The number of hydrogen-bond acceptors (Lipinski definition) is 3. The summed E-state index contributed by atoms with van der Waals surface area (Å²) < 4.78 is 2.40. The van der Waals surface area contributed by atoms with Gasteiger partial charge in [0.1, 0.15) is 5.82 Å². The van der Waals surface area contributed by atoms with Gasteiger partial charge in [0.25, 0.3) is 0 Å². The van der Waals surface area contributed by atoms with E-state index in [1.54, 1.807) is 0 Å². The van der Waals surface area contributed by atoms with Crippen LogP contribution in [0.25, 0.3) is 0 Å². The molecular formula is C15H21N3S. The molecule has 0 saturated carbocycles. The highest BCUT2D eigenvalue weighted by Crippen LogP contribution is 2.32. The topological polar surface area (TPSA) is 43.8 Å². The van der Waals surface area contributed by atoms with Gasteiger partial charge in [0.15, 0.2) is 0 Å². The molecule has 2 N–H and O–H groups in total. The Morgan fingerprint density at radius 1 is 1.37 bits per heavy atom. The summed E-state index contributed by atoms with van der Waals surface area (Å²) in [5.41, 5.74) is 10.2. The van der Waals surface area contributed by atoms with E-state index in [-0.39, 0.29) is 6.04 Å². The molecule has 102 valence electrons. The summed E-state index contributed by atoms with van der Waals surface area (Å²) in [6.45, 7) is 4.93. The maximum atomic E-state index is 6.08. The van der Waals surface area contributed by atoms with Gasteiger partial charge in [-0.05, 0) is 56.5 Å². The Kier molecular flexibility index (Phi) is 3.46. The Morgan fingerprint density at radius 3 is 2.84 bits per heavy atom. The van der Waals surface area contributed by atoms with Crippen LogP contribution in [-0.4, -0.2) is 16.1 Å². The zero-order valence-corrected chi connectivity index (χ0v) is 12.5. The molecule has 0 aromatic carbocycles. The minimum atomic E-state index is 0.259. The molecule has 4 heteroatoms. The maximum absolute atomic E-state index is 6.08. The molecule has 0 amide bonds. The maximum Gasteiger partial charge on any atom is 0.106 e. The van der Waals surface area contributed by atoms with Crippen LogP contribution in [0, 0.1) is 13.8 Å². The lowest BCUT2D eigenvalue weighted by Gasteiger charge is -2.23. The number of imidazole rings is 1. The van der Waals surface area contributed by atoms with Crippen LogP contribution < -0.4 is 5.73 Å². The quantitative estimate of drug-likeness (QED) is 0.936. The third-order valence-electron chi connectivity index (χ3n) is 4.09. The van der Waals surface area contributed by atoms with E-state index in [2.05, 4.69) is 29.9 Å². The number of aromatic nitrogens is 2. The highest BCUT2D eigenvalue weighted by molar-refractivity contribution is 7.10. The van der Waals surface area contributed by atoms with E-state index in [1.165, 1.54) is 34.7 Å². The summed E-state index contributed by atoms with van der Waals surface area (Å²) >= 11 is 1.81. The van der Waals surface area contributed by atoms with Gasteiger partial charge in [-0.2, -0.15) is 0 Å². The van der Waals surface area contributed by atoms with Gasteiger partial charge < -0.3 is 10.3 Å². The van der Waals surface area contributed by atoms with Crippen LogP contribution in [0.3, 0.4) is 0 Å². The van der Waals surface area contributed by atoms with Crippen LogP contribution in [0.4, 0.5) is 0 Å². The first kappa shape index (κ1) is 12.9. The van der Waals surface area contributed by atoms with Gasteiger partial charge in [-0.3, -0.25) is 0 Å². The Hall–Kier alpha value is -1.13. The van der Waals surface area contributed by atoms with Crippen molar-refractivity contribution in [2.75, 3.05) is 6.54 Å². The van der Waals surface area contributed by atoms with Crippen molar-refractivity contribution < 1.29 is 0 Å². The smallest absolute Gasteiger partial charge is 0.106 e. The molecule has 0 fully saturated rings. The predicted octanol–water partition coefficient (Wildman–Crippen LogP) is 2.99. The van der Waals surface area contributed by atoms with E-state index in [0.717, 1.165) is 18.7 Å². The fourth-order valence-corrected chi connectivity index (χ4v) is 4.20. The Bertz CT molecular complexity index is 582. The highest BCUT2D eigenvalue weighted by atomic mass is 32.1. The van der Waals surface area contributed by atoms with Crippen LogP contribution in [0.5, 0.6) is 0 Å². The second kappa shape index (κ2) is 5.10. The average Bonchev–Trinajstić information content (AvgIpc) is 2.96. The SMILES string of the molecule is Cc1ccsc1C(CN)n1c(C)nc2c1CCCC2. The van der Waals surface area contributed by atoms with Gasteiger partial charge in [-0.15, -0.1) is 11.3 Å². The number of aryl methyl sites for hydroxylation is 3. The lowest BCUT2D eigenvalue weighted by Crippen LogP contribution is -2.23. The molecule has 3 nitrogen and oxygen atoms in total. The van der Waals surface area contributed by atoms with Gasteiger partial charge in [-0.25, -0.2) is 4.98 Å². The van der Waals surface area contributed by atoms with Gasteiger partial charge in [0.2, 0.25) is 0 Å². The van der Waals surface area contributed by atoms with E-state index < -0.39 is 0 Å². The second-order valence-electron chi connectivity index (χ2n) is 5.35. The van der Waals surface area contributed by atoms with Crippen molar-refractivity contribution in [1.82, 2.24) is 9.55 Å². The zero-order valence-electron chi connectivity index (χ0n) is 11.6. The normalized spacial score (nSPS) is 16.4. The highest BCUT2D eigenvalue weighted by Gasteiger charge is 2.24. The lowest BCUT2D eigenvalue weighted by molar-refractivity contribution is 0.542. The van der Waals surface area contributed by atoms with Gasteiger partial charge in [0, 0.05) is 17.1 Å². The molecule has 2 heterocycles. The third kappa shape index (κ3) is 2.13. The van der Waals surface area contributed by atoms with Crippen LogP contribution in [0.1, 0.15) is 46.5 Å². The van der Waals surface area contributed by atoms with E-state index in [4.69, 9.17) is 10.7 Å². The average molecular weight is 275 g/mol. The fraction of sp³-hybridized carbons (Fsp3) is 0.533. The number of nitrogens with zero attached hydrogens (tertiary/aromatic N) is 2. The van der Waals surface area contributed by atoms with Crippen molar-refractivity contribution in [1.29, 1.82) is 0 Å². The molecular weight excluding hydrogens is 254 g/mol. The first-order chi connectivity index (χ1) is 9.22. The number of fused-ring (bicyclic) bond motifs is 1. The molecule has 2 aromatic rings. The third-order valence-corrected chi connectivity index (χ3v) is 5.21. The Labute approximate surface area is 118 Å². The number of hydrogen-bond donors (Lipinski definition) is 1. The Balaban J connectivity index is 2.09. The molecule has 0 bridgehead atoms. The monoisotopic (exact) mass is 275 g/mol. The van der Waals surface area contributed by atoms with E-state index >= 15 is 0 Å². The predicted molar refractivity (Wildman–Crippen MR) is 79.9 cm³/mol. The van der Waals surface area contributed by atoms with Crippen molar-refractivity contribution in [2.45, 2.75) is 45.6 Å². The molecule has 0 spiro atoms. The number of nitrogens with two attached hydrogens (primary N) is 1.